The summed E-state index contributed by atoms with van der Waals surface area (Å²) in [6.45, 7) is 0. The Hall–Kier alpha value is -2.14. The van der Waals surface area contributed by atoms with E-state index in [0.717, 1.165) is 10.5 Å². The number of carbonyl (C=O) groups is 1. The first-order valence-corrected chi connectivity index (χ1v) is 6.73. The maximum Gasteiger partial charge on any atom is 0.250 e. The Morgan fingerprint density at radius 2 is 2.11 bits per heavy atom. The Balaban J connectivity index is 1.75. The van der Waals surface area contributed by atoms with Crippen molar-refractivity contribution in [2.45, 2.75) is 4.90 Å². The maximum absolute atomic E-state index is 11.5. The van der Waals surface area contributed by atoms with Crippen molar-refractivity contribution in [3.05, 3.63) is 60.4 Å². The van der Waals surface area contributed by atoms with Gasteiger partial charge in [0.05, 0.1) is 12.0 Å². The second kappa shape index (κ2) is 7.33. The van der Waals surface area contributed by atoms with Gasteiger partial charge in [-0.25, -0.2) is 5.43 Å². The Morgan fingerprint density at radius 3 is 2.84 bits per heavy atom. The van der Waals surface area contributed by atoms with Crippen LogP contribution in [0.2, 0.25) is 0 Å². The van der Waals surface area contributed by atoms with E-state index in [1.807, 2.05) is 42.5 Å². The first-order chi connectivity index (χ1) is 9.34. The van der Waals surface area contributed by atoms with Crippen LogP contribution in [0, 0.1) is 0 Å². The standard InChI is InChI=1S/C14H13N3OS/c18-14(11-19-13-6-2-1-3-7-13)17-16-10-12-5-4-8-15-9-12/h1-10H,11H2,(H,17,18)/b16-10+. The number of nitrogens with one attached hydrogen (secondary N) is 1. The topological polar surface area (TPSA) is 54.4 Å². The number of hydrogen-bond acceptors (Lipinski definition) is 4. The lowest BCUT2D eigenvalue weighted by atomic mass is 10.3. The van der Waals surface area contributed by atoms with Crippen LogP contribution >= 0.6 is 11.8 Å². The van der Waals surface area contributed by atoms with E-state index in [0.29, 0.717) is 5.75 Å². The fourth-order valence-corrected chi connectivity index (χ4v) is 2.04. The minimum absolute atomic E-state index is 0.131. The predicted molar refractivity (Wildman–Crippen MR) is 77.1 cm³/mol. The Morgan fingerprint density at radius 1 is 1.26 bits per heavy atom. The highest BCUT2D eigenvalue weighted by Gasteiger charge is 2.00. The molecule has 0 radical (unpaired) electrons. The SMILES string of the molecule is O=C(CSc1ccccc1)N/N=C/c1cccnc1. The minimum atomic E-state index is -0.131. The number of aromatic nitrogens is 1. The van der Waals surface area contributed by atoms with Gasteiger partial charge >= 0.3 is 0 Å². The molecule has 0 aliphatic rings. The van der Waals surface area contributed by atoms with Crippen LogP contribution in [0.5, 0.6) is 0 Å². The number of carbonyl (C=O) groups excluding carboxylic acids is 1. The van der Waals surface area contributed by atoms with E-state index < -0.39 is 0 Å². The van der Waals surface area contributed by atoms with Crippen LogP contribution < -0.4 is 5.43 Å². The quantitative estimate of drug-likeness (QED) is 0.516. The van der Waals surface area contributed by atoms with Crippen molar-refractivity contribution in [2.24, 2.45) is 5.10 Å². The number of hydrazone groups is 1. The molecule has 1 aromatic heterocycles. The lowest BCUT2D eigenvalue weighted by Crippen LogP contribution is -2.19. The summed E-state index contributed by atoms with van der Waals surface area (Å²) in [5, 5.41) is 3.88. The molecule has 0 fully saturated rings. The maximum atomic E-state index is 11.5. The largest absolute Gasteiger partial charge is 0.272 e. The summed E-state index contributed by atoms with van der Waals surface area (Å²) in [6.07, 6.45) is 4.93. The summed E-state index contributed by atoms with van der Waals surface area (Å²) in [6, 6.07) is 13.5. The van der Waals surface area contributed by atoms with E-state index in [-0.39, 0.29) is 5.91 Å². The van der Waals surface area contributed by atoms with Gasteiger partial charge in [-0.3, -0.25) is 9.78 Å². The average Bonchev–Trinajstić information content (AvgIpc) is 2.47. The fraction of sp³-hybridized carbons (Fsp3) is 0.0714. The second-order valence-corrected chi connectivity index (χ2v) is 4.73. The zero-order chi connectivity index (χ0) is 13.3. The third-order valence-electron chi connectivity index (χ3n) is 2.20. The molecule has 5 heteroatoms. The highest BCUT2D eigenvalue weighted by molar-refractivity contribution is 8.00. The van der Waals surface area contributed by atoms with Gasteiger partial charge in [0.25, 0.3) is 0 Å². The van der Waals surface area contributed by atoms with Crippen molar-refractivity contribution in [1.82, 2.24) is 10.4 Å². The van der Waals surface area contributed by atoms with Crippen LogP contribution in [0.4, 0.5) is 0 Å². The molecule has 2 aromatic rings. The van der Waals surface area contributed by atoms with E-state index in [2.05, 4.69) is 15.5 Å². The molecule has 0 saturated heterocycles. The van der Waals surface area contributed by atoms with Crippen LogP contribution in [0.3, 0.4) is 0 Å². The zero-order valence-electron chi connectivity index (χ0n) is 10.2. The molecule has 0 unspecified atom stereocenters. The van der Waals surface area contributed by atoms with Gasteiger partial charge in [0.2, 0.25) is 5.91 Å². The fourth-order valence-electron chi connectivity index (χ4n) is 1.33. The van der Waals surface area contributed by atoms with Crippen molar-refractivity contribution in [1.29, 1.82) is 0 Å². The van der Waals surface area contributed by atoms with Crippen LogP contribution in [0.15, 0.2) is 64.9 Å². The van der Waals surface area contributed by atoms with Crippen molar-refractivity contribution < 1.29 is 4.79 Å². The third kappa shape index (κ3) is 4.93. The van der Waals surface area contributed by atoms with Crippen LogP contribution in [-0.4, -0.2) is 22.9 Å². The number of thioether (sulfide) groups is 1. The van der Waals surface area contributed by atoms with E-state index in [1.54, 1.807) is 18.6 Å². The molecule has 1 heterocycles. The number of rotatable bonds is 5. The number of pyridine rings is 1. The summed E-state index contributed by atoms with van der Waals surface area (Å²) in [4.78, 5) is 16.6. The monoisotopic (exact) mass is 271 g/mol. The van der Waals surface area contributed by atoms with Gasteiger partial charge < -0.3 is 0 Å². The Labute approximate surface area is 116 Å². The summed E-state index contributed by atoms with van der Waals surface area (Å²) >= 11 is 1.48. The first kappa shape index (κ1) is 13.3. The molecule has 0 aliphatic carbocycles. The number of hydrogen-bond donors (Lipinski definition) is 1. The summed E-state index contributed by atoms with van der Waals surface area (Å²) in [7, 11) is 0. The van der Waals surface area contributed by atoms with Crippen molar-refractivity contribution >= 4 is 23.9 Å². The normalized spacial score (nSPS) is 10.5. The van der Waals surface area contributed by atoms with E-state index in [4.69, 9.17) is 0 Å². The smallest absolute Gasteiger partial charge is 0.250 e. The molecule has 0 atom stereocenters. The highest BCUT2D eigenvalue weighted by Crippen LogP contribution is 2.15. The lowest BCUT2D eigenvalue weighted by Gasteiger charge is -2.00. The minimum Gasteiger partial charge on any atom is -0.272 e. The molecular weight excluding hydrogens is 258 g/mol. The molecule has 4 nitrogen and oxygen atoms in total. The van der Waals surface area contributed by atoms with Gasteiger partial charge in [0.1, 0.15) is 0 Å². The van der Waals surface area contributed by atoms with Gasteiger partial charge in [-0.2, -0.15) is 5.10 Å². The zero-order valence-corrected chi connectivity index (χ0v) is 11.0. The van der Waals surface area contributed by atoms with E-state index in [9.17, 15) is 4.79 Å². The molecule has 0 spiro atoms. The second-order valence-electron chi connectivity index (χ2n) is 3.68. The molecule has 1 N–H and O–H groups in total. The van der Waals surface area contributed by atoms with Gasteiger partial charge in [-0.05, 0) is 18.2 Å². The van der Waals surface area contributed by atoms with Crippen molar-refractivity contribution in [3.8, 4) is 0 Å². The Bertz CT molecular complexity index is 543. The van der Waals surface area contributed by atoms with Crippen molar-refractivity contribution in [2.75, 3.05) is 5.75 Å². The van der Waals surface area contributed by atoms with Gasteiger partial charge in [0.15, 0.2) is 0 Å². The van der Waals surface area contributed by atoms with Crippen LogP contribution in [0.1, 0.15) is 5.56 Å². The number of amides is 1. The first-order valence-electron chi connectivity index (χ1n) is 5.74. The molecule has 96 valence electrons. The van der Waals surface area contributed by atoms with Gasteiger partial charge in [0, 0.05) is 22.9 Å². The lowest BCUT2D eigenvalue weighted by molar-refractivity contribution is -0.118. The third-order valence-corrected chi connectivity index (χ3v) is 3.21. The summed E-state index contributed by atoms with van der Waals surface area (Å²) in [5.74, 6) is 0.211. The molecule has 0 aliphatic heterocycles. The molecule has 0 saturated carbocycles. The molecule has 1 amide bonds. The summed E-state index contributed by atoms with van der Waals surface area (Å²) in [5.41, 5.74) is 3.33. The van der Waals surface area contributed by atoms with Gasteiger partial charge in [-0.15, -0.1) is 11.8 Å². The average molecular weight is 271 g/mol. The van der Waals surface area contributed by atoms with Crippen LogP contribution in [-0.2, 0) is 4.79 Å². The van der Waals surface area contributed by atoms with Gasteiger partial charge in [-0.1, -0.05) is 24.3 Å². The Kier molecular flexibility index (Phi) is 5.13. The van der Waals surface area contributed by atoms with Crippen molar-refractivity contribution in [3.63, 3.8) is 0 Å². The highest BCUT2D eigenvalue weighted by atomic mass is 32.2. The molecule has 2 rings (SSSR count). The predicted octanol–water partition coefficient (Wildman–Crippen LogP) is 2.32. The molecular formula is C14H13N3OS. The number of nitrogens with zero attached hydrogens (tertiary/aromatic N) is 2. The molecule has 19 heavy (non-hydrogen) atoms. The van der Waals surface area contributed by atoms with E-state index >= 15 is 0 Å². The summed E-state index contributed by atoms with van der Waals surface area (Å²) < 4.78 is 0. The molecule has 0 bridgehead atoms. The number of benzene rings is 1. The molecule has 1 aromatic carbocycles. The van der Waals surface area contributed by atoms with Crippen LogP contribution in [0.25, 0.3) is 0 Å². The van der Waals surface area contributed by atoms with E-state index in [1.165, 1.54) is 11.8 Å².